The Kier molecular flexibility index (Phi) is 4.08. The van der Waals surface area contributed by atoms with E-state index >= 15 is 0 Å². The molecule has 5 heteroatoms. The highest BCUT2D eigenvalue weighted by atomic mass is 16.7. The highest BCUT2D eigenvalue weighted by Gasteiger charge is 2.40. The molecule has 0 radical (unpaired) electrons. The summed E-state index contributed by atoms with van der Waals surface area (Å²) < 4.78 is 20.4. The second kappa shape index (κ2) is 4.88. The topological polar surface area (TPSA) is 57.2 Å². The SMILES string of the molecule is CO[C@@H]1[C@H](OC)[C@H](OC)CO[C@H]1O. The zero-order chi connectivity index (χ0) is 9.84. The molecule has 5 nitrogen and oxygen atoms in total. The third-order valence-electron chi connectivity index (χ3n) is 2.25. The normalized spacial score (nSPS) is 40.6. The number of rotatable bonds is 3. The monoisotopic (exact) mass is 192 g/mol. The van der Waals surface area contributed by atoms with E-state index in [9.17, 15) is 5.11 Å². The van der Waals surface area contributed by atoms with Crippen LogP contribution in [0.3, 0.4) is 0 Å². The van der Waals surface area contributed by atoms with Crippen LogP contribution < -0.4 is 0 Å². The van der Waals surface area contributed by atoms with Gasteiger partial charge in [0.15, 0.2) is 6.29 Å². The molecular formula is C8H16O5. The molecule has 0 amide bonds. The number of methoxy groups -OCH3 is 3. The summed E-state index contributed by atoms with van der Waals surface area (Å²) in [4.78, 5) is 0. The predicted molar refractivity (Wildman–Crippen MR) is 44.3 cm³/mol. The van der Waals surface area contributed by atoms with Gasteiger partial charge in [-0.25, -0.2) is 0 Å². The summed E-state index contributed by atoms with van der Waals surface area (Å²) in [6.07, 6.45) is -1.93. The van der Waals surface area contributed by atoms with E-state index < -0.39 is 12.4 Å². The second-order valence-corrected chi connectivity index (χ2v) is 2.90. The van der Waals surface area contributed by atoms with Gasteiger partial charge in [0, 0.05) is 21.3 Å². The highest BCUT2D eigenvalue weighted by Crippen LogP contribution is 2.20. The molecule has 1 aliphatic heterocycles. The van der Waals surface area contributed by atoms with Crippen molar-refractivity contribution in [1.82, 2.24) is 0 Å². The minimum atomic E-state index is -0.943. The lowest BCUT2D eigenvalue weighted by atomic mass is 10.1. The Morgan fingerprint density at radius 1 is 1.08 bits per heavy atom. The summed E-state index contributed by atoms with van der Waals surface area (Å²) in [5.74, 6) is 0. The Balaban J connectivity index is 2.64. The molecule has 0 spiro atoms. The van der Waals surface area contributed by atoms with Gasteiger partial charge in [0.1, 0.15) is 18.3 Å². The summed E-state index contributed by atoms with van der Waals surface area (Å²) in [6, 6.07) is 0. The van der Waals surface area contributed by atoms with Crippen LogP contribution in [0, 0.1) is 0 Å². The van der Waals surface area contributed by atoms with Crippen LogP contribution in [0.15, 0.2) is 0 Å². The molecule has 4 atom stereocenters. The number of aliphatic hydroxyl groups is 1. The number of aliphatic hydroxyl groups excluding tert-OH is 1. The van der Waals surface area contributed by atoms with E-state index in [0.717, 1.165) is 0 Å². The van der Waals surface area contributed by atoms with Gasteiger partial charge >= 0.3 is 0 Å². The minimum Gasteiger partial charge on any atom is -0.376 e. The maximum atomic E-state index is 9.40. The van der Waals surface area contributed by atoms with E-state index in [-0.39, 0.29) is 12.2 Å². The smallest absolute Gasteiger partial charge is 0.183 e. The average molecular weight is 192 g/mol. The van der Waals surface area contributed by atoms with E-state index in [1.165, 1.54) is 7.11 Å². The van der Waals surface area contributed by atoms with Crippen LogP contribution in [0.5, 0.6) is 0 Å². The summed E-state index contributed by atoms with van der Waals surface area (Å²) in [5, 5.41) is 9.40. The molecule has 13 heavy (non-hydrogen) atoms. The largest absolute Gasteiger partial charge is 0.376 e. The molecule has 0 unspecified atom stereocenters. The van der Waals surface area contributed by atoms with Crippen molar-refractivity contribution in [2.24, 2.45) is 0 Å². The molecule has 1 rings (SSSR count). The van der Waals surface area contributed by atoms with Gasteiger partial charge in [-0.3, -0.25) is 0 Å². The molecule has 0 aromatic heterocycles. The average Bonchev–Trinajstić information content (AvgIpc) is 2.17. The molecule has 1 N–H and O–H groups in total. The maximum Gasteiger partial charge on any atom is 0.183 e. The predicted octanol–water partition coefficient (Wildman–Crippen LogP) is -0.620. The molecule has 0 aliphatic carbocycles. The summed E-state index contributed by atoms with van der Waals surface area (Å²) in [7, 11) is 4.63. The molecule has 1 heterocycles. The van der Waals surface area contributed by atoms with E-state index in [4.69, 9.17) is 18.9 Å². The third kappa shape index (κ3) is 2.18. The fourth-order valence-corrected chi connectivity index (χ4v) is 1.50. The van der Waals surface area contributed by atoms with Gasteiger partial charge in [-0.05, 0) is 0 Å². The fourth-order valence-electron chi connectivity index (χ4n) is 1.50. The first-order chi connectivity index (χ1) is 6.24. The lowest BCUT2D eigenvalue weighted by molar-refractivity contribution is -0.267. The number of hydrogen-bond donors (Lipinski definition) is 1. The van der Waals surface area contributed by atoms with Gasteiger partial charge in [0.05, 0.1) is 6.61 Å². The van der Waals surface area contributed by atoms with Crippen molar-refractivity contribution >= 4 is 0 Å². The first-order valence-corrected chi connectivity index (χ1v) is 4.12. The van der Waals surface area contributed by atoms with E-state index in [0.29, 0.717) is 6.61 Å². The van der Waals surface area contributed by atoms with Crippen molar-refractivity contribution in [2.75, 3.05) is 27.9 Å². The quantitative estimate of drug-likeness (QED) is 0.646. The van der Waals surface area contributed by atoms with Crippen molar-refractivity contribution in [3.63, 3.8) is 0 Å². The van der Waals surface area contributed by atoms with Crippen LogP contribution in [0.25, 0.3) is 0 Å². The minimum absolute atomic E-state index is 0.196. The molecule has 1 fully saturated rings. The van der Waals surface area contributed by atoms with Gasteiger partial charge in [-0.15, -0.1) is 0 Å². The standard InChI is InChI=1S/C8H16O5/c1-10-5-4-13-8(9)7(12-3)6(5)11-2/h5-9H,4H2,1-3H3/t5-,6-,7-,8-/m1/s1. The van der Waals surface area contributed by atoms with E-state index in [1.807, 2.05) is 0 Å². The van der Waals surface area contributed by atoms with Crippen molar-refractivity contribution in [3.8, 4) is 0 Å². The first kappa shape index (κ1) is 10.9. The second-order valence-electron chi connectivity index (χ2n) is 2.90. The summed E-state index contributed by atoms with van der Waals surface area (Å²) in [6.45, 7) is 0.316. The molecule has 1 saturated heterocycles. The highest BCUT2D eigenvalue weighted by molar-refractivity contribution is 4.85. The van der Waals surface area contributed by atoms with Gasteiger partial charge < -0.3 is 24.1 Å². The summed E-state index contributed by atoms with van der Waals surface area (Å²) in [5.41, 5.74) is 0. The zero-order valence-corrected chi connectivity index (χ0v) is 8.10. The Bertz CT molecular complexity index is 151. The molecule has 0 saturated carbocycles. The van der Waals surface area contributed by atoms with Gasteiger partial charge in [0.2, 0.25) is 0 Å². The maximum absolute atomic E-state index is 9.40. The van der Waals surface area contributed by atoms with E-state index in [2.05, 4.69) is 0 Å². The van der Waals surface area contributed by atoms with Crippen LogP contribution in [-0.2, 0) is 18.9 Å². The zero-order valence-electron chi connectivity index (χ0n) is 8.10. The van der Waals surface area contributed by atoms with Crippen molar-refractivity contribution < 1.29 is 24.1 Å². The molecular weight excluding hydrogens is 176 g/mol. The lowest BCUT2D eigenvalue weighted by Gasteiger charge is -2.38. The lowest BCUT2D eigenvalue weighted by Crippen LogP contribution is -2.55. The van der Waals surface area contributed by atoms with Crippen molar-refractivity contribution in [3.05, 3.63) is 0 Å². The summed E-state index contributed by atoms with van der Waals surface area (Å²) >= 11 is 0. The molecule has 78 valence electrons. The fraction of sp³-hybridized carbons (Fsp3) is 1.00. The van der Waals surface area contributed by atoms with Crippen LogP contribution in [0.2, 0.25) is 0 Å². The van der Waals surface area contributed by atoms with Gasteiger partial charge in [-0.1, -0.05) is 0 Å². The Hall–Kier alpha value is -0.200. The van der Waals surface area contributed by atoms with Crippen LogP contribution in [0.1, 0.15) is 0 Å². The molecule has 0 bridgehead atoms. The Morgan fingerprint density at radius 3 is 2.15 bits per heavy atom. The van der Waals surface area contributed by atoms with Crippen LogP contribution in [-0.4, -0.2) is 57.6 Å². The van der Waals surface area contributed by atoms with Crippen molar-refractivity contribution in [2.45, 2.75) is 24.6 Å². The molecule has 0 aromatic carbocycles. The Morgan fingerprint density at radius 2 is 1.69 bits per heavy atom. The number of hydrogen-bond acceptors (Lipinski definition) is 5. The van der Waals surface area contributed by atoms with Gasteiger partial charge in [-0.2, -0.15) is 0 Å². The molecule has 1 aliphatic rings. The molecule has 0 aromatic rings. The van der Waals surface area contributed by atoms with Crippen LogP contribution >= 0.6 is 0 Å². The van der Waals surface area contributed by atoms with Crippen molar-refractivity contribution in [1.29, 1.82) is 0 Å². The van der Waals surface area contributed by atoms with Gasteiger partial charge in [0.25, 0.3) is 0 Å². The first-order valence-electron chi connectivity index (χ1n) is 4.12. The number of ether oxygens (including phenoxy) is 4. The van der Waals surface area contributed by atoms with Crippen LogP contribution in [0.4, 0.5) is 0 Å². The Labute approximate surface area is 77.5 Å². The third-order valence-corrected chi connectivity index (χ3v) is 2.25. The van der Waals surface area contributed by atoms with E-state index in [1.54, 1.807) is 14.2 Å².